The molecule has 1 aliphatic carbocycles. The highest BCUT2D eigenvalue weighted by Crippen LogP contribution is 2.39. The van der Waals surface area contributed by atoms with Crippen molar-refractivity contribution >= 4 is 45.2 Å². The molecule has 0 heterocycles. The Morgan fingerprint density at radius 1 is 0.583 bits per heavy atom. The average Bonchev–Trinajstić information content (AvgIpc) is 2.63. The molecular formula is C20H18I2O2. The third kappa shape index (κ3) is 3.34. The summed E-state index contributed by atoms with van der Waals surface area (Å²) in [5.41, 5.74) is 1.08. The van der Waals surface area contributed by atoms with Gasteiger partial charge in [0.15, 0.2) is 0 Å². The van der Waals surface area contributed by atoms with Gasteiger partial charge in [-0.3, -0.25) is 0 Å². The van der Waals surface area contributed by atoms with Crippen LogP contribution in [-0.4, -0.2) is 14.2 Å². The van der Waals surface area contributed by atoms with Crippen LogP contribution in [0, 0.1) is 7.14 Å². The van der Waals surface area contributed by atoms with Crippen LogP contribution in [0.1, 0.15) is 11.1 Å². The molecule has 24 heavy (non-hydrogen) atoms. The molecule has 124 valence electrons. The second-order valence-corrected chi connectivity index (χ2v) is 8.17. The van der Waals surface area contributed by atoms with Gasteiger partial charge in [-0.05, 0) is 105 Å². The molecule has 0 atom stereocenters. The first-order chi connectivity index (χ1) is 11.5. The molecule has 0 spiro atoms. The monoisotopic (exact) mass is 544 g/mol. The maximum Gasteiger partial charge on any atom is 0.129 e. The zero-order valence-corrected chi connectivity index (χ0v) is 17.8. The summed E-state index contributed by atoms with van der Waals surface area (Å²) >= 11 is 4.62. The quantitative estimate of drug-likeness (QED) is 0.379. The predicted octanol–water partition coefficient (Wildman–Crippen LogP) is 5.41. The van der Waals surface area contributed by atoms with Gasteiger partial charge in [-0.1, -0.05) is 24.3 Å². The molecule has 2 nitrogen and oxygen atoms in total. The van der Waals surface area contributed by atoms with Crippen LogP contribution in [-0.2, 0) is 20.7 Å². The van der Waals surface area contributed by atoms with Crippen molar-refractivity contribution < 1.29 is 9.47 Å². The SMILES string of the molecule is COC1(c2ccc(I)cc2)C=CC(OC)(c2ccc(I)cc2)C=C1. The lowest BCUT2D eigenvalue weighted by Gasteiger charge is -2.36. The van der Waals surface area contributed by atoms with Crippen LogP contribution in [0.2, 0.25) is 0 Å². The first kappa shape index (κ1) is 18.1. The third-order valence-electron chi connectivity index (χ3n) is 4.42. The van der Waals surface area contributed by atoms with Crippen LogP contribution in [0.3, 0.4) is 0 Å². The van der Waals surface area contributed by atoms with Gasteiger partial charge in [0.2, 0.25) is 0 Å². The molecule has 0 aromatic heterocycles. The van der Waals surface area contributed by atoms with Crippen molar-refractivity contribution in [3.8, 4) is 0 Å². The highest BCUT2D eigenvalue weighted by atomic mass is 127. The van der Waals surface area contributed by atoms with E-state index in [4.69, 9.17) is 9.47 Å². The molecule has 0 amide bonds. The zero-order valence-electron chi connectivity index (χ0n) is 13.5. The van der Waals surface area contributed by atoms with Crippen LogP contribution >= 0.6 is 45.2 Å². The largest absolute Gasteiger partial charge is 0.365 e. The van der Waals surface area contributed by atoms with Gasteiger partial charge >= 0.3 is 0 Å². The van der Waals surface area contributed by atoms with Gasteiger partial charge in [0.05, 0.1) is 0 Å². The summed E-state index contributed by atoms with van der Waals surface area (Å²) in [5.74, 6) is 0. The Labute approximate surface area is 170 Å². The van der Waals surface area contributed by atoms with Crippen LogP contribution < -0.4 is 0 Å². The van der Waals surface area contributed by atoms with E-state index >= 15 is 0 Å². The molecular weight excluding hydrogens is 526 g/mol. The molecule has 2 aromatic carbocycles. The van der Waals surface area contributed by atoms with Crippen molar-refractivity contribution in [1.29, 1.82) is 0 Å². The maximum atomic E-state index is 5.86. The summed E-state index contributed by atoms with van der Waals surface area (Å²) in [7, 11) is 3.47. The topological polar surface area (TPSA) is 18.5 Å². The summed E-state index contributed by atoms with van der Waals surface area (Å²) in [4.78, 5) is 0. The van der Waals surface area contributed by atoms with Crippen LogP contribution in [0.25, 0.3) is 0 Å². The van der Waals surface area contributed by atoms with E-state index in [1.54, 1.807) is 14.2 Å². The average molecular weight is 544 g/mol. The van der Waals surface area contributed by atoms with E-state index in [2.05, 4.69) is 118 Å². The highest BCUT2D eigenvalue weighted by Gasteiger charge is 2.36. The second-order valence-electron chi connectivity index (χ2n) is 5.67. The molecule has 4 heteroatoms. The van der Waals surface area contributed by atoms with Gasteiger partial charge in [0.1, 0.15) is 11.2 Å². The standard InChI is InChI=1S/C20H18I2O2/c1-23-19(15-3-7-17(21)8-4-15)11-13-20(24-2,14-12-19)16-5-9-18(22)10-6-16/h3-14H,1-2H3. The number of halogens is 2. The Morgan fingerprint density at radius 2 is 0.875 bits per heavy atom. The van der Waals surface area contributed by atoms with Crippen molar-refractivity contribution in [2.24, 2.45) is 0 Å². The molecule has 2 aromatic rings. The molecule has 0 bridgehead atoms. The van der Waals surface area contributed by atoms with Crippen LogP contribution in [0.5, 0.6) is 0 Å². The predicted molar refractivity (Wildman–Crippen MR) is 114 cm³/mol. The van der Waals surface area contributed by atoms with Crippen molar-refractivity contribution in [3.05, 3.63) is 91.1 Å². The number of benzene rings is 2. The molecule has 3 rings (SSSR count). The molecule has 0 N–H and O–H groups in total. The minimum Gasteiger partial charge on any atom is -0.365 e. The lowest BCUT2D eigenvalue weighted by atomic mass is 9.81. The van der Waals surface area contributed by atoms with E-state index in [0.717, 1.165) is 11.1 Å². The van der Waals surface area contributed by atoms with Crippen molar-refractivity contribution in [2.45, 2.75) is 11.2 Å². The first-order valence-electron chi connectivity index (χ1n) is 7.57. The lowest BCUT2D eigenvalue weighted by Crippen LogP contribution is -2.33. The molecule has 1 aliphatic rings. The Bertz CT molecular complexity index is 682. The Kier molecular flexibility index (Phi) is 5.48. The van der Waals surface area contributed by atoms with E-state index in [9.17, 15) is 0 Å². The highest BCUT2D eigenvalue weighted by molar-refractivity contribution is 14.1. The van der Waals surface area contributed by atoms with Crippen molar-refractivity contribution in [3.63, 3.8) is 0 Å². The number of hydrogen-bond acceptors (Lipinski definition) is 2. The first-order valence-corrected chi connectivity index (χ1v) is 9.72. The molecule has 0 aliphatic heterocycles. The van der Waals surface area contributed by atoms with E-state index < -0.39 is 11.2 Å². The third-order valence-corrected chi connectivity index (χ3v) is 5.86. The smallest absolute Gasteiger partial charge is 0.129 e. The van der Waals surface area contributed by atoms with Gasteiger partial charge in [-0.2, -0.15) is 0 Å². The Balaban J connectivity index is 2.00. The fourth-order valence-corrected chi connectivity index (χ4v) is 3.64. The Hall–Kier alpha value is -0.700. The summed E-state index contributed by atoms with van der Waals surface area (Å²) in [6.45, 7) is 0. The number of ether oxygens (including phenoxy) is 2. The van der Waals surface area contributed by atoms with Gasteiger partial charge in [0.25, 0.3) is 0 Å². The minimum atomic E-state index is -0.560. The number of rotatable bonds is 4. The van der Waals surface area contributed by atoms with E-state index in [-0.39, 0.29) is 0 Å². The number of hydrogen-bond donors (Lipinski definition) is 0. The molecule has 0 saturated heterocycles. The minimum absolute atomic E-state index is 0.560. The summed E-state index contributed by atoms with van der Waals surface area (Å²) in [5, 5.41) is 0. The van der Waals surface area contributed by atoms with Gasteiger partial charge in [-0.15, -0.1) is 0 Å². The van der Waals surface area contributed by atoms with Crippen LogP contribution in [0.15, 0.2) is 72.8 Å². The van der Waals surface area contributed by atoms with E-state index in [1.807, 2.05) is 0 Å². The normalized spacial score (nSPS) is 25.8. The molecule has 0 radical (unpaired) electrons. The summed E-state index contributed by atoms with van der Waals surface area (Å²) in [6, 6.07) is 16.8. The van der Waals surface area contributed by atoms with Crippen molar-refractivity contribution in [2.75, 3.05) is 14.2 Å². The molecule has 0 unspecified atom stereocenters. The molecule has 0 fully saturated rings. The lowest BCUT2D eigenvalue weighted by molar-refractivity contribution is 0.0421. The second kappa shape index (κ2) is 7.27. The van der Waals surface area contributed by atoms with Gasteiger partial charge in [0, 0.05) is 21.4 Å². The molecule has 0 saturated carbocycles. The van der Waals surface area contributed by atoms with Crippen LogP contribution in [0.4, 0.5) is 0 Å². The zero-order chi connectivity index (χ0) is 17.2. The fourth-order valence-electron chi connectivity index (χ4n) is 2.92. The summed E-state index contributed by atoms with van der Waals surface area (Å²) < 4.78 is 14.1. The van der Waals surface area contributed by atoms with Gasteiger partial charge in [-0.25, -0.2) is 0 Å². The number of methoxy groups -OCH3 is 2. The van der Waals surface area contributed by atoms with E-state index in [1.165, 1.54) is 7.14 Å². The summed E-state index contributed by atoms with van der Waals surface area (Å²) in [6.07, 6.45) is 8.32. The maximum absolute atomic E-state index is 5.86. The fraction of sp³-hybridized carbons (Fsp3) is 0.200. The van der Waals surface area contributed by atoms with Crippen molar-refractivity contribution in [1.82, 2.24) is 0 Å². The van der Waals surface area contributed by atoms with Gasteiger partial charge < -0.3 is 9.47 Å². The van der Waals surface area contributed by atoms with E-state index in [0.29, 0.717) is 0 Å². The Morgan fingerprint density at radius 3 is 1.12 bits per heavy atom.